The Bertz CT molecular complexity index is 2300. The molecule has 0 aliphatic carbocycles. The fourth-order valence-corrected chi connectivity index (χ4v) is 6.73. The maximum Gasteiger partial charge on any atom is 0.411 e. The van der Waals surface area contributed by atoms with Crippen LogP contribution in [0, 0.1) is 20.2 Å². The second kappa shape index (κ2) is 13.5. The number of halogens is 6. The molecule has 2 heterocycles. The van der Waals surface area contributed by atoms with Crippen molar-refractivity contribution in [3.63, 3.8) is 0 Å². The molecule has 0 unspecified atom stereocenters. The van der Waals surface area contributed by atoms with Crippen LogP contribution in [-0.4, -0.2) is 74.3 Å². The SMILES string of the molecule is COc1cc([N+](=O)[O-])c(OC)cc1N1C(=O)c2ccc(C(c3ccc4c(c3)C(=O)N(c3cc(OC)c([N+](=O)[O-])cc3OC)C4=O)(C(F)(F)F)C(F)(F)F)cc2C1=O. The zero-order valence-corrected chi connectivity index (χ0v) is 29.2. The zero-order valence-electron chi connectivity index (χ0n) is 29.2. The first-order valence-corrected chi connectivity index (χ1v) is 15.7. The molecule has 4 aromatic carbocycles. The van der Waals surface area contributed by atoms with E-state index in [1.807, 2.05) is 0 Å². The van der Waals surface area contributed by atoms with Crippen LogP contribution in [0.15, 0.2) is 60.7 Å². The molecule has 4 amide bonds. The van der Waals surface area contributed by atoms with Crippen LogP contribution < -0.4 is 28.7 Å². The summed E-state index contributed by atoms with van der Waals surface area (Å²) in [6.45, 7) is 0. The lowest BCUT2D eigenvalue weighted by molar-refractivity contribution is -0.385. The van der Waals surface area contributed by atoms with Gasteiger partial charge in [0.1, 0.15) is 11.5 Å². The highest BCUT2D eigenvalue weighted by atomic mass is 19.4. The smallest absolute Gasteiger partial charge is 0.411 e. The van der Waals surface area contributed by atoms with Crippen LogP contribution in [-0.2, 0) is 5.41 Å². The van der Waals surface area contributed by atoms with E-state index in [0.29, 0.717) is 34.1 Å². The molecular weight excluding hydrogens is 782 g/mol. The van der Waals surface area contributed by atoms with Gasteiger partial charge in [-0.2, -0.15) is 26.3 Å². The highest BCUT2D eigenvalue weighted by molar-refractivity contribution is 6.36. The van der Waals surface area contributed by atoms with Gasteiger partial charge in [0.2, 0.25) is 5.41 Å². The van der Waals surface area contributed by atoms with Gasteiger partial charge in [-0.3, -0.25) is 39.4 Å². The molecule has 0 fully saturated rings. The van der Waals surface area contributed by atoms with Crippen molar-refractivity contribution < 1.29 is 74.3 Å². The number of nitro benzene ring substituents is 2. The third-order valence-electron chi connectivity index (χ3n) is 9.33. The van der Waals surface area contributed by atoms with Crippen LogP contribution in [0.3, 0.4) is 0 Å². The van der Waals surface area contributed by atoms with E-state index in [0.717, 1.165) is 52.7 Å². The van der Waals surface area contributed by atoms with E-state index in [9.17, 15) is 39.4 Å². The minimum Gasteiger partial charge on any atom is -0.494 e. The van der Waals surface area contributed by atoms with Crippen LogP contribution in [0.5, 0.6) is 23.0 Å². The van der Waals surface area contributed by atoms with Crippen molar-refractivity contribution in [1.29, 1.82) is 0 Å². The van der Waals surface area contributed by atoms with Gasteiger partial charge in [0, 0.05) is 12.1 Å². The molecule has 0 atom stereocenters. The molecule has 6 rings (SSSR count). The number of ether oxygens (including phenoxy) is 4. The Labute approximate surface area is 314 Å². The van der Waals surface area contributed by atoms with E-state index in [-0.39, 0.29) is 12.1 Å². The molecule has 0 saturated carbocycles. The summed E-state index contributed by atoms with van der Waals surface area (Å²) in [5, 5.41) is 23.1. The topological polar surface area (TPSA) is 198 Å². The van der Waals surface area contributed by atoms with E-state index < -0.39 is 130 Å². The normalized spacial score (nSPS) is 14.1. The second-order valence-corrected chi connectivity index (χ2v) is 12.1. The monoisotopic (exact) mass is 804 g/mol. The second-order valence-electron chi connectivity index (χ2n) is 12.1. The summed E-state index contributed by atoms with van der Waals surface area (Å²) in [7, 11) is 4.06. The number of hydrogen-bond donors (Lipinski definition) is 0. The Morgan fingerprint density at radius 1 is 0.491 bits per heavy atom. The first kappa shape index (κ1) is 39.4. The average Bonchev–Trinajstić information content (AvgIpc) is 3.55. The maximum atomic E-state index is 15.3. The summed E-state index contributed by atoms with van der Waals surface area (Å²) >= 11 is 0. The molecule has 2 aliphatic heterocycles. The number of imide groups is 2. The molecule has 57 heavy (non-hydrogen) atoms. The molecule has 0 bridgehead atoms. The van der Waals surface area contributed by atoms with Crippen molar-refractivity contribution in [2.45, 2.75) is 17.8 Å². The van der Waals surface area contributed by atoms with Gasteiger partial charge in [-0.25, -0.2) is 9.80 Å². The van der Waals surface area contributed by atoms with Gasteiger partial charge in [-0.1, -0.05) is 12.1 Å². The Hall–Kier alpha value is -7.26. The van der Waals surface area contributed by atoms with Crippen LogP contribution in [0.1, 0.15) is 52.6 Å². The number of methoxy groups -OCH3 is 4. The number of amides is 4. The lowest BCUT2D eigenvalue weighted by Crippen LogP contribution is -2.55. The van der Waals surface area contributed by atoms with Crippen molar-refractivity contribution in [2.24, 2.45) is 0 Å². The summed E-state index contributed by atoms with van der Waals surface area (Å²) < 4.78 is 112. The van der Waals surface area contributed by atoms with Crippen LogP contribution in [0.4, 0.5) is 49.1 Å². The van der Waals surface area contributed by atoms with Crippen molar-refractivity contribution in [3.8, 4) is 23.0 Å². The summed E-state index contributed by atoms with van der Waals surface area (Å²) in [5.41, 5.74) is -13.7. The summed E-state index contributed by atoms with van der Waals surface area (Å²) in [5.74, 6) is -7.18. The molecule has 0 aromatic heterocycles. The number of rotatable bonds is 10. The fourth-order valence-electron chi connectivity index (χ4n) is 6.73. The number of benzene rings is 4. The minimum atomic E-state index is -6.28. The van der Waals surface area contributed by atoms with E-state index in [1.165, 1.54) is 0 Å². The number of nitrogens with zero attached hydrogens (tertiary/aromatic N) is 4. The quantitative estimate of drug-likeness (QED) is 0.0726. The number of hydrogen-bond acceptors (Lipinski definition) is 12. The first-order chi connectivity index (χ1) is 26.7. The van der Waals surface area contributed by atoms with Gasteiger partial charge in [0.15, 0.2) is 11.5 Å². The van der Waals surface area contributed by atoms with Crippen molar-refractivity contribution in [2.75, 3.05) is 38.2 Å². The lowest BCUT2D eigenvalue weighted by atomic mass is 9.71. The third kappa shape index (κ3) is 5.69. The van der Waals surface area contributed by atoms with E-state index in [1.54, 1.807) is 0 Å². The van der Waals surface area contributed by atoms with Gasteiger partial charge in [0.05, 0.1) is 84.0 Å². The number of carbonyl (C=O) groups is 4. The van der Waals surface area contributed by atoms with Gasteiger partial charge < -0.3 is 18.9 Å². The lowest BCUT2D eigenvalue weighted by Gasteiger charge is -2.38. The number of fused-ring (bicyclic) bond motifs is 2. The molecule has 0 N–H and O–H groups in total. The van der Waals surface area contributed by atoms with Gasteiger partial charge in [0.25, 0.3) is 23.6 Å². The summed E-state index contributed by atoms with van der Waals surface area (Å²) in [4.78, 5) is 76.5. The number of nitro groups is 2. The Morgan fingerprint density at radius 2 is 0.807 bits per heavy atom. The average molecular weight is 805 g/mol. The molecule has 22 heteroatoms. The Balaban J connectivity index is 1.51. The molecular formula is C35H22F6N4O12. The number of anilines is 2. The van der Waals surface area contributed by atoms with Crippen molar-refractivity contribution in [3.05, 3.63) is 114 Å². The van der Waals surface area contributed by atoms with Gasteiger partial charge >= 0.3 is 23.7 Å². The molecule has 16 nitrogen and oxygen atoms in total. The number of alkyl halides is 6. The molecule has 4 aromatic rings. The predicted molar refractivity (Wildman–Crippen MR) is 180 cm³/mol. The first-order valence-electron chi connectivity index (χ1n) is 15.7. The minimum absolute atomic E-state index is 0.214. The molecule has 0 radical (unpaired) electrons. The third-order valence-corrected chi connectivity index (χ3v) is 9.33. The maximum absolute atomic E-state index is 15.3. The molecule has 0 saturated heterocycles. The summed E-state index contributed by atoms with van der Waals surface area (Å²) in [6, 6.07) is 5.47. The van der Waals surface area contributed by atoms with Gasteiger partial charge in [-0.05, 0) is 35.4 Å². The molecule has 2 aliphatic rings. The van der Waals surface area contributed by atoms with Crippen LogP contribution in [0.25, 0.3) is 0 Å². The van der Waals surface area contributed by atoms with Crippen molar-refractivity contribution in [1.82, 2.24) is 0 Å². The van der Waals surface area contributed by atoms with E-state index >= 15 is 26.3 Å². The predicted octanol–water partition coefficient (Wildman–Crippen LogP) is 6.55. The van der Waals surface area contributed by atoms with Crippen molar-refractivity contribution >= 4 is 46.4 Å². The largest absolute Gasteiger partial charge is 0.494 e. The fraction of sp³-hybridized carbons (Fsp3) is 0.200. The van der Waals surface area contributed by atoms with Gasteiger partial charge in [-0.15, -0.1) is 0 Å². The Kier molecular flexibility index (Phi) is 9.33. The van der Waals surface area contributed by atoms with E-state index in [4.69, 9.17) is 18.9 Å². The molecule has 0 spiro atoms. The standard InChI is InChI=1S/C35H22F6N4O12/c1-54-25-13-23(44(50)51)27(56-3)11-21(25)42-29(46)17-7-5-15(9-19(17)31(42)48)33(34(36,37)38,35(39,40)41)16-6-8-18-20(10-16)32(49)43(30(18)47)22-12-28(57-4)24(45(52)53)14-26(22)55-2/h5-14H,1-4H3. The summed E-state index contributed by atoms with van der Waals surface area (Å²) in [6.07, 6.45) is -12.6. The number of carbonyl (C=O) groups excluding carboxylic acids is 4. The zero-order chi connectivity index (χ0) is 42.1. The highest BCUT2D eigenvalue weighted by Crippen LogP contribution is 2.57. The Morgan fingerprint density at radius 3 is 1.09 bits per heavy atom. The molecule has 296 valence electrons. The van der Waals surface area contributed by atoms with E-state index in [2.05, 4.69) is 0 Å². The van der Waals surface area contributed by atoms with Crippen LogP contribution >= 0.6 is 0 Å². The highest BCUT2D eigenvalue weighted by Gasteiger charge is 2.73. The van der Waals surface area contributed by atoms with Crippen LogP contribution in [0.2, 0.25) is 0 Å².